The molecular weight excluding hydrogens is 1360 g/mol. The molecule has 3 rings (SSSR count). The second-order valence-corrected chi connectivity index (χ2v) is 32.4. The Morgan fingerprint density at radius 2 is 0.598 bits per heavy atom. The van der Waals surface area contributed by atoms with Crippen molar-refractivity contribution in [3.8, 4) is 0 Å². The molecule has 3 aliphatic rings. The lowest BCUT2D eigenvalue weighted by Crippen LogP contribution is -2.66. The number of amides is 1. The molecule has 19 heteroatoms. The standard InChI is InChI=1S/C88H167NO18/c1-3-5-7-9-11-13-15-17-19-21-23-25-27-29-31-33-34-35-36-38-39-41-43-45-47-49-51-53-55-57-59-61-63-65-72(93)71(89-76(94)66-64-62-60-58-56-54-52-50-48-46-44-42-40-37-32-30-28-26-24-22-20-18-16-14-12-10-8-6-4-2)70-102-86-82(100)79(97)84(74(68-91)104-86)107-88-83(101)80(98)85(75(69-92)105-88)106-87-81(99)78(96)77(95)73(67-90)103-87/h55,57,63,65,71-75,77-88,90-93,95-101H,3-54,56,58-62,64,66-70H2,1-2H3,(H,89,94)/b57-55+,65-63+. The largest absolute Gasteiger partial charge is 0.394 e. The van der Waals surface area contributed by atoms with Crippen molar-refractivity contribution < 1.29 is 89.4 Å². The maximum Gasteiger partial charge on any atom is 0.220 e. The Kier molecular flexibility index (Phi) is 63.8. The van der Waals surface area contributed by atoms with E-state index < -0.39 is 124 Å². The van der Waals surface area contributed by atoms with Crippen molar-refractivity contribution >= 4 is 5.91 Å². The Labute approximate surface area is 651 Å². The van der Waals surface area contributed by atoms with Gasteiger partial charge in [0.1, 0.15) is 73.2 Å². The molecule has 17 atom stereocenters. The highest BCUT2D eigenvalue weighted by Gasteiger charge is 2.54. The maximum absolute atomic E-state index is 13.5. The summed E-state index contributed by atoms with van der Waals surface area (Å²) in [6.45, 7) is 1.80. The van der Waals surface area contributed by atoms with Crippen molar-refractivity contribution in [1.29, 1.82) is 0 Å². The van der Waals surface area contributed by atoms with Crippen LogP contribution in [-0.2, 0) is 33.2 Å². The zero-order chi connectivity index (χ0) is 77.4. The lowest BCUT2D eigenvalue weighted by atomic mass is 9.96. The number of ether oxygens (including phenoxy) is 6. The fourth-order valence-corrected chi connectivity index (χ4v) is 15.6. The molecule has 0 aromatic rings. The van der Waals surface area contributed by atoms with Gasteiger partial charge in [-0.1, -0.05) is 385 Å². The molecule has 3 aliphatic heterocycles. The number of hydrogen-bond donors (Lipinski definition) is 12. The molecular formula is C88H167NO18. The van der Waals surface area contributed by atoms with Crippen LogP contribution < -0.4 is 5.32 Å². The highest BCUT2D eigenvalue weighted by atomic mass is 16.8. The summed E-state index contributed by atoms with van der Waals surface area (Å²) in [5.74, 6) is -0.276. The molecule has 3 heterocycles. The Morgan fingerprint density at radius 3 is 0.935 bits per heavy atom. The molecule has 3 fully saturated rings. The fourth-order valence-electron chi connectivity index (χ4n) is 15.6. The summed E-state index contributed by atoms with van der Waals surface area (Å²) in [5.41, 5.74) is 0. The van der Waals surface area contributed by atoms with Gasteiger partial charge in [-0.3, -0.25) is 4.79 Å². The number of allylic oxidation sites excluding steroid dienone is 3. The van der Waals surface area contributed by atoms with Gasteiger partial charge in [-0.05, 0) is 32.1 Å². The molecule has 0 radical (unpaired) electrons. The SMILES string of the molecule is CCCCCCCCCCCCCCCCCCCCCCCCCCCCC/C=C/CC/C=C/C(O)C(COC1OC(CO)C(OC2OC(CO)C(OC3OC(CO)C(O)C(O)C3O)C(O)C2O)C(O)C1O)NC(=O)CCCCCCCCCCCCCCCCCCCCCCCCCCCCCCC. The van der Waals surface area contributed by atoms with Gasteiger partial charge in [-0.25, -0.2) is 0 Å². The van der Waals surface area contributed by atoms with Crippen molar-refractivity contribution in [2.24, 2.45) is 0 Å². The zero-order valence-electron chi connectivity index (χ0n) is 68.2. The first kappa shape index (κ1) is 99.5. The van der Waals surface area contributed by atoms with Gasteiger partial charge >= 0.3 is 0 Å². The topological polar surface area (TPSA) is 307 Å². The van der Waals surface area contributed by atoms with Gasteiger partial charge in [0.25, 0.3) is 0 Å². The lowest BCUT2D eigenvalue weighted by molar-refractivity contribution is -0.379. The van der Waals surface area contributed by atoms with Crippen molar-refractivity contribution in [3.63, 3.8) is 0 Å². The quantitative estimate of drug-likeness (QED) is 0.0199. The summed E-state index contributed by atoms with van der Waals surface area (Å²) < 4.78 is 34.5. The normalized spacial score (nSPS) is 25.6. The Morgan fingerprint density at radius 1 is 0.327 bits per heavy atom. The van der Waals surface area contributed by atoms with Crippen LogP contribution in [0.2, 0.25) is 0 Å². The van der Waals surface area contributed by atoms with Crippen molar-refractivity contribution in [3.05, 3.63) is 24.3 Å². The van der Waals surface area contributed by atoms with Gasteiger partial charge < -0.3 is 89.9 Å². The monoisotopic (exact) mass is 1530 g/mol. The van der Waals surface area contributed by atoms with Crippen LogP contribution in [0, 0.1) is 0 Å². The molecule has 107 heavy (non-hydrogen) atoms. The van der Waals surface area contributed by atoms with Crippen LogP contribution in [0.1, 0.15) is 399 Å². The van der Waals surface area contributed by atoms with E-state index in [1.807, 2.05) is 6.08 Å². The van der Waals surface area contributed by atoms with E-state index >= 15 is 0 Å². The van der Waals surface area contributed by atoms with E-state index in [1.54, 1.807) is 6.08 Å². The molecule has 0 aromatic carbocycles. The van der Waals surface area contributed by atoms with Crippen LogP contribution in [0.5, 0.6) is 0 Å². The Bertz CT molecular complexity index is 2020. The first-order chi connectivity index (χ1) is 52.3. The zero-order valence-corrected chi connectivity index (χ0v) is 68.2. The van der Waals surface area contributed by atoms with Crippen molar-refractivity contribution in [1.82, 2.24) is 5.32 Å². The summed E-state index contributed by atoms with van der Waals surface area (Å²) in [5, 5.41) is 121. The van der Waals surface area contributed by atoms with Crippen LogP contribution in [0.15, 0.2) is 24.3 Å². The van der Waals surface area contributed by atoms with E-state index in [1.165, 1.54) is 327 Å². The van der Waals surface area contributed by atoms with E-state index in [0.717, 1.165) is 38.5 Å². The van der Waals surface area contributed by atoms with Gasteiger partial charge in [-0.15, -0.1) is 0 Å². The second-order valence-electron chi connectivity index (χ2n) is 32.4. The molecule has 0 spiro atoms. The molecule has 17 unspecified atom stereocenters. The van der Waals surface area contributed by atoms with E-state index in [-0.39, 0.29) is 18.9 Å². The minimum absolute atomic E-state index is 0.241. The summed E-state index contributed by atoms with van der Waals surface area (Å²) in [6, 6.07) is -0.989. The van der Waals surface area contributed by atoms with E-state index in [4.69, 9.17) is 28.4 Å². The number of carbonyl (C=O) groups excluding carboxylic acids is 1. The molecule has 12 N–H and O–H groups in total. The summed E-state index contributed by atoms with van der Waals surface area (Å²) in [6.07, 6.45) is 59.2. The van der Waals surface area contributed by atoms with Gasteiger partial charge in [0.05, 0.1) is 38.6 Å². The van der Waals surface area contributed by atoms with Crippen LogP contribution in [0.4, 0.5) is 0 Å². The summed E-state index contributed by atoms with van der Waals surface area (Å²) in [4.78, 5) is 13.5. The van der Waals surface area contributed by atoms with Crippen LogP contribution in [0.3, 0.4) is 0 Å². The van der Waals surface area contributed by atoms with E-state index in [9.17, 15) is 61.0 Å². The minimum Gasteiger partial charge on any atom is -0.394 e. The molecule has 3 saturated heterocycles. The van der Waals surface area contributed by atoms with Gasteiger partial charge in [0.2, 0.25) is 5.91 Å². The molecule has 0 saturated carbocycles. The lowest BCUT2D eigenvalue weighted by Gasteiger charge is -2.48. The third-order valence-electron chi connectivity index (χ3n) is 22.8. The van der Waals surface area contributed by atoms with E-state index in [2.05, 4.69) is 31.3 Å². The molecule has 1 amide bonds. The molecule has 0 bridgehead atoms. The first-order valence-electron chi connectivity index (χ1n) is 45.1. The highest BCUT2D eigenvalue weighted by Crippen LogP contribution is 2.34. The predicted molar refractivity (Wildman–Crippen MR) is 430 cm³/mol. The number of aliphatic hydroxyl groups is 11. The molecule has 0 aromatic heterocycles. The number of rotatable bonds is 74. The third kappa shape index (κ3) is 47.7. The highest BCUT2D eigenvalue weighted by molar-refractivity contribution is 5.76. The van der Waals surface area contributed by atoms with Gasteiger partial charge in [-0.2, -0.15) is 0 Å². The number of nitrogens with one attached hydrogen (secondary N) is 1. The van der Waals surface area contributed by atoms with E-state index in [0.29, 0.717) is 12.8 Å². The number of hydrogen-bond acceptors (Lipinski definition) is 18. The predicted octanol–water partition coefficient (Wildman–Crippen LogP) is 16.9. The Balaban J connectivity index is 1.34. The number of unbranched alkanes of at least 4 members (excludes halogenated alkanes) is 56. The average Bonchev–Trinajstić information content (AvgIpc) is 0.782. The summed E-state index contributed by atoms with van der Waals surface area (Å²) in [7, 11) is 0. The molecule has 632 valence electrons. The van der Waals surface area contributed by atoms with Crippen molar-refractivity contribution in [2.75, 3.05) is 26.4 Å². The van der Waals surface area contributed by atoms with Gasteiger partial charge in [0.15, 0.2) is 18.9 Å². The fraction of sp³-hybridized carbons (Fsp3) is 0.943. The second kappa shape index (κ2) is 68.7. The smallest absolute Gasteiger partial charge is 0.220 e. The summed E-state index contributed by atoms with van der Waals surface area (Å²) >= 11 is 0. The Hall–Kier alpha value is -1.73. The maximum atomic E-state index is 13.5. The minimum atomic E-state index is -1.98. The van der Waals surface area contributed by atoms with Crippen molar-refractivity contribution in [2.45, 2.75) is 503 Å². The first-order valence-corrected chi connectivity index (χ1v) is 45.1. The average molecular weight is 1530 g/mol. The number of aliphatic hydroxyl groups excluding tert-OH is 11. The van der Waals surface area contributed by atoms with Gasteiger partial charge in [0, 0.05) is 6.42 Å². The van der Waals surface area contributed by atoms with Crippen LogP contribution in [-0.4, -0.2) is 193 Å². The third-order valence-corrected chi connectivity index (χ3v) is 22.8. The molecule has 0 aliphatic carbocycles. The van der Waals surface area contributed by atoms with Crippen LogP contribution >= 0.6 is 0 Å². The van der Waals surface area contributed by atoms with Crippen LogP contribution in [0.25, 0.3) is 0 Å². The number of carbonyl (C=O) groups is 1. The molecule has 19 nitrogen and oxygen atoms in total.